The maximum Gasteiger partial charge on any atom is 0.339 e. The fourth-order valence-corrected chi connectivity index (χ4v) is 1.94. The molecule has 1 N–H and O–H groups in total. The SMILES string of the molecule is Cc1ccc(C(=O)O)c(Oc2ccc(Br)c(C)c2)c1. The van der Waals surface area contributed by atoms with Crippen LogP contribution in [0.15, 0.2) is 40.9 Å². The number of ether oxygens (including phenoxy) is 1. The number of aryl methyl sites for hydroxylation is 2. The Labute approximate surface area is 120 Å². The van der Waals surface area contributed by atoms with Crippen molar-refractivity contribution < 1.29 is 14.6 Å². The van der Waals surface area contributed by atoms with Crippen molar-refractivity contribution in [2.75, 3.05) is 0 Å². The van der Waals surface area contributed by atoms with Crippen molar-refractivity contribution >= 4 is 21.9 Å². The Morgan fingerprint density at radius 1 is 1.16 bits per heavy atom. The molecule has 19 heavy (non-hydrogen) atoms. The first kappa shape index (κ1) is 13.6. The number of halogens is 1. The van der Waals surface area contributed by atoms with Crippen LogP contribution in [0.1, 0.15) is 21.5 Å². The molecule has 0 amide bonds. The predicted molar refractivity (Wildman–Crippen MR) is 77.1 cm³/mol. The fraction of sp³-hybridized carbons (Fsp3) is 0.133. The van der Waals surface area contributed by atoms with Gasteiger partial charge >= 0.3 is 5.97 Å². The van der Waals surface area contributed by atoms with E-state index >= 15 is 0 Å². The van der Waals surface area contributed by atoms with E-state index in [0.717, 1.165) is 15.6 Å². The van der Waals surface area contributed by atoms with Gasteiger partial charge in [0.05, 0.1) is 0 Å². The fourth-order valence-electron chi connectivity index (χ4n) is 1.70. The van der Waals surface area contributed by atoms with E-state index in [0.29, 0.717) is 11.5 Å². The minimum Gasteiger partial charge on any atom is -0.478 e. The second-order valence-corrected chi connectivity index (χ2v) is 5.17. The van der Waals surface area contributed by atoms with Crippen LogP contribution in [0.25, 0.3) is 0 Å². The molecule has 2 aromatic carbocycles. The van der Waals surface area contributed by atoms with E-state index in [1.165, 1.54) is 0 Å². The van der Waals surface area contributed by atoms with Gasteiger partial charge in [-0.3, -0.25) is 0 Å². The molecule has 98 valence electrons. The molecular weight excluding hydrogens is 308 g/mol. The van der Waals surface area contributed by atoms with E-state index in [4.69, 9.17) is 9.84 Å². The highest BCUT2D eigenvalue weighted by Crippen LogP contribution is 2.29. The van der Waals surface area contributed by atoms with Gasteiger partial charge in [-0.2, -0.15) is 0 Å². The topological polar surface area (TPSA) is 46.5 Å². The highest BCUT2D eigenvalue weighted by molar-refractivity contribution is 9.10. The summed E-state index contributed by atoms with van der Waals surface area (Å²) in [5.74, 6) is -0.0214. The lowest BCUT2D eigenvalue weighted by molar-refractivity contribution is 0.0694. The first-order chi connectivity index (χ1) is 8.97. The number of rotatable bonds is 3. The van der Waals surface area contributed by atoms with Crippen molar-refractivity contribution in [3.63, 3.8) is 0 Å². The Kier molecular flexibility index (Phi) is 3.90. The standard InChI is InChI=1S/C15H13BrO3/c1-9-3-5-12(15(17)18)14(7-9)19-11-4-6-13(16)10(2)8-11/h3-8H,1-2H3,(H,17,18). The Bertz CT molecular complexity index is 635. The van der Waals surface area contributed by atoms with Crippen molar-refractivity contribution in [1.29, 1.82) is 0 Å². The molecule has 0 aliphatic rings. The van der Waals surface area contributed by atoms with Gasteiger partial charge in [0, 0.05) is 4.47 Å². The van der Waals surface area contributed by atoms with E-state index in [2.05, 4.69) is 15.9 Å². The zero-order valence-corrected chi connectivity index (χ0v) is 12.2. The first-order valence-corrected chi connectivity index (χ1v) is 6.54. The molecule has 0 bridgehead atoms. The van der Waals surface area contributed by atoms with Gasteiger partial charge in [-0.1, -0.05) is 22.0 Å². The molecule has 4 heteroatoms. The first-order valence-electron chi connectivity index (χ1n) is 5.75. The van der Waals surface area contributed by atoms with Gasteiger partial charge in [0.15, 0.2) is 0 Å². The lowest BCUT2D eigenvalue weighted by Crippen LogP contribution is -2.00. The lowest BCUT2D eigenvalue weighted by atomic mass is 10.1. The summed E-state index contributed by atoms with van der Waals surface area (Å²) in [7, 11) is 0. The van der Waals surface area contributed by atoms with Crippen LogP contribution in [0.3, 0.4) is 0 Å². The summed E-state index contributed by atoms with van der Waals surface area (Å²) in [6.07, 6.45) is 0. The third kappa shape index (κ3) is 3.15. The van der Waals surface area contributed by atoms with Crippen molar-refractivity contribution in [3.05, 3.63) is 57.6 Å². The quantitative estimate of drug-likeness (QED) is 0.902. The Morgan fingerprint density at radius 3 is 2.53 bits per heavy atom. The summed E-state index contributed by atoms with van der Waals surface area (Å²) in [6, 6.07) is 10.6. The third-order valence-corrected chi connectivity index (χ3v) is 3.61. The molecule has 2 aromatic rings. The van der Waals surface area contributed by atoms with Crippen LogP contribution in [-0.2, 0) is 0 Å². The summed E-state index contributed by atoms with van der Waals surface area (Å²) in [6.45, 7) is 3.84. The molecule has 0 heterocycles. The van der Waals surface area contributed by atoms with Crippen molar-refractivity contribution in [3.8, 4) is 11.5 Å². The van der Waals surface area contributed by atoms with Gasteiger partial charge in [-0.15, -0.1) is 0 Å². The van der Waals surface area contributed by atoms with Crippen LogP contribution in [0.4, 0.5) is 0 Å². The summed E-state index contributed by atoms with van der Waals surface area (Å²) in [4.78, 5) is 11.2. The van der Waals surface area contributed by atoms with Crippen LogP contribution in [0.5, 0.6) is 11.5 Å². The van der Waals surface area contributed by atoms with Crippen molar-refractivity contribution in [2.45, 2.75) is 13.8 Å². The van der Waals surface area contributed by atoms with E-state index in [-0.39, 0.29) is 5.56 Å². The number of hydrogen-bond donors (Lipinski definition) is 1. The summed E-state index contributed by atoms with van der Waals surface area (Å²) < 4.78 is 6.67. The molecule has 2 rings (SSSR count). The van der Waals surface area contributed by atoms with Gasteiger partial charge in [0.2, 0.25) is 0 Å². The molecule has 0 saturated carbocycles. The summed E-state index contributed by atoms with van der Waals surface area (Å²) >= 11 is 3.41. The van der Waals surface area contributed by atoms with Gasteiger partial charge in [0.25, 0.3) is 0 Å². The molecule has 0 atom stereocenters. The second-order valence-electron chi connectivity index (χ2n) is 4.32. The monoisotopic (exact) mass is 320 g/mol. The number of benzene rings is 2. The van der Waals surface area contributed by atoms with E-state index in [1.54, 1.807) is 24.3 Å². The molecule has 0 fully saturated rings. The summed E-state index contributed by atoms with van der Waals surface area (Å²) in [5, 5.41) is 9.15. The Hall–Kier alpha value is -1.81. The van der Waals surface area contributed by atoms with Crippen LogP contribution >= 0.6 is 15.9 Å². The van der Waals surface area contributed by atoms with Crippen LogP contribution < -0.4 is 4.74 Å². The highest BCUT2D eigenvalue weighted by atomic mass is 79.9. The van der Waals surface area contributed by atoms with E-state index < -0.39 is 5.97 Å². The number of carboxylic acids is 1. The number of carbonyl (C=O) groups is 1. The average Bonchev–Trinajstić information content (AvgIpc) is 2.33. The molecule has 3 nitrogen and oxygen atoms in total. The third-order valence-electron chi connectivity index (χ3n) is 2.72. The Balaban J connectivity index is 2.39. The average molecular weight is 321 g/mol. The van der Waals surface area contributed by atoms with Gasteiger partial charge in [-0.25, -0.2) is 4.79 Å². The highest BCUT2D eigenvalue weighted by Gasteiger charge is 2.12. The molecule has 0 radical (unpaired) electrons. The maximum absolute atomic E-state index is 11.2. The molecule has 0 saturated heterocycles. The molecule has 0 spiro atoms. The maximum atomic E-state index is 11.2. The molecule has 0 aliphatic heterocycles. The predicted octanol–water partition coefficient (Wildman–Crippen LogP) is 4.56. The van der Waals surface area contributed by atoms with Crippen LogP contribution in [0, 0.1) is 13.8 Å². The second kappa shape index (κ2) is 5.45. The molecular formula is C15H13BrO3. The minimum absolute atomic E-state index is 0.158. The van der Waals surface area contributed by atoms with Gasteiger partial charge < -0.3 is 9.84 Å². The lowest BCUT2D eigenvalue weighted by Gasteiger charge is -2.10. The summed E-state index contributed by atoms with van der Waals surface area (Å²) in [5.41, 5.74) is 2.14. The van der Waals surface area contributed by atoms with Crippen molar-refractivity contribution in [1.82, 2.24) is 0 Å². The minimum atomic E-state index is -0.996. The normalized spacial score (nSPS) is 10.3. The van der Waals surface area contributed by atoms with Gasteiger partial charge in [-0.05, 0) is 55.3 Å². The molecule has 0 aromatic heterocycles. The zero-order valence-electron chi connectivity index (χ0n) is 10.6. The van der Waals surface area contributed by atoms with Crippen molar-refractivity contribution in [2.24, 2.45) is 0 Å². The van der Waals surface area contributed by atoms with E-state index in [9.17, 15) is 4.79 Å². The molecule has 0 aliphatic carbocycles. The smallest absolute Gasteiger partial charge is 0.339 e. The van der Waals surface area contributed by atoms with Crippen LogP contribution in [0.2, 0.25) is 0 Å². The van der Waals surface area contributed by atoms with E-state index in [1.807, 2.05) is 26.0 Å². The molecule has 0 unspecified atom stereocenters. The van der Waals surface area contributed by atoms with Gasteiger partial charge in [0.1, 0.15) is 17.1 Å². The zero-order chi connectivity index (χ0) is 14.0. The number of carboxylic acid groups (broad SMARTS) is 1. The Morgan fingerprint density at radius 2 is 1.89 bits per heavy atom. The number of hydrogen-bond acceptors (Lipinski definition) is 2. The number of aromatic carboxylic acids is 1. The van der Waals surface area contributed by atoms with Crippen LogP contribution in [-0.4, -0.2) is 11.1 Å². The largest absolute Gasteiger partial charge is 0.478 e.